The fraction of sp³-hybridized carbons (Fsp3) is 0.567. The van der Waals surface area contributed by atoms with Crippen LogP contribution in [-0.2, 0) is 16.1 Å². The number of hydrogen-bond donors (Lipinski definition) is 4. The van der Waals surface area contributed by atoms with Crippen LogP contribution in [0.1, 0.15) is 87.2 Å². The third-order valence-corrected chi connectivity index (χ3v) is 8.43. The average molecular weight is 585 g/mol. The SMILES string of the molecule is CCn1nccc1C(=O)N[C@H](C(=O)Nc1ccc([C@H](C)[C@@H](NC(=O)N(C)C2CC2)C(=O)O)cc1F)C1CCCCCC1. The summed E-state index contributed by atoms with van der Waals surface area (Å²) < 4.78 is 16.9. The van der Waals surface area contributed by atoms with Crippen molar-refractivity contribution in [2.24, 2.45) is 5.92 Å². The zero-order valence-corrected chi connectivity index (χ0v) is 24.4. The van der Waals surface area contributed by atoms with Crippen LogP contribution in [0.2, 0.25) is 0 Å². The fourth-order valence-corrected chi connectivity index (χ4v) is 5.62. The molecule has 0 saturated heterocycles. The number of aromatic nitrogens is 2. The highest BCUT2D eigenvalue weighted by atomic mass is 19.1. The molecule has 0 bridgehead atoms. The number of aliphatic carboxylic acids is 1. The van der Waals surface area contributed by atoms with E-state index in [-0.39, 0.29) is 17.6 Å². The molecule has 1 heterocycles. The van der Waals surface area contributed by atoms with Crippen LogP contribution in [0, 0.1) is 11.7 Å². The molecule has 11 nitrogen and oxygen atoms in total. The van der Waals surface area contributed by atoms with Gasteiger partial charge in [0.15, 0.2) is 0 Å². The summed E-state index contributed by atoms with van der Waals surface area (Å²) in [4.78, 5) is 52.7. The van der Waals surface area contributed by atoms with Crippen molar-refractivity contribution in [1.29, 1.82) is 0 Å². The van der Waals surface area contributed by atoms with Crippen molar-refractivity contribution >= 4 is 29.5 Å². The van der Waals surface area contributed by atoms with Gasteiger partial charge in [-0.15, -0.1) is 0 Å². The number of rotatable bonds is 11. The standard InChI is InChI=1S/C30H41FN6O5/c1-4-37-24(15-16-32-37)27(38)34-26(19-9-7-5-6-8-10-19)28(39)33-23-14-11-20(17-22(23)31)18(2)25(29(40)41)35-30(42)36(3)21-12-13-21/h11,14-19,21,25-26H,4-10,12-13H2,1-3H3,(H,33,39)(H,34,38)(H,35,42)(H,40,41)/t18-,25+,26-/m0/s1. The van der Waals surface area contributed by atoms with Gasteiger partial charge in [-0.1, -0.05) is 38.7 Å². The first kappa shape index (κ1) is 31.0. The molecule has 2 aliphatic carbocycles. The molecule has 0 spiro atoms. The Bertz CT molecular complexity index is 1290. The summed E-state index contributed by atoms with van der Waals surface area (Å²) in [5.41, 5.74) is 0.623. The zero-order valence-electron chi connectivity index (χ0n) is 24.4. The summed E-state index contributed by atoms with van der Waals surface area (Å²) in [7, 11) is 1.62. The van der Waals surface area contributed by atoms with Crippen molar-refractivity contribution in [2.45, 2.75) is 95.8 Å². The highest BCUT2D eigenvalue weighted by Crippen LogP contribution is 2.29. The van der Waals surface area contributed by atoms with Crippen molar-refractivity contribution in [3.05, 3.63) is 47.5 Å². The molecule has 2 saturated carbocycles. The Hall–Kier alpha value is -3.96. The van der Waals surface area contributed by atoms with Crippen LogP contribution in [0.3, 0.4) is 0 Å². The van der Waals surface area contributed by atoms with Crippen LogP contribution in [0.25, 0.3) is 0 Å². The largest absolute Gasteiger partial charge is 0.480 e. The Balaban J connectivity index is 1.49. The van der Waals surface area contributed by atoms with Crippen LogP contribution in [-0.4, -0.2) is 68.8 Å². The van der Waals surface area contributed by atoms with Gasteiger partial charge in [0.05, 0.1) is 5.69 Å². The maximum Gasteiger partial charge on any atom is 0.326 e. The van der Waals surface area contributed by atoms with Crippen LogP contribution in [0.4, 0.5) is 14.9 Å². The molecule has 2 aromatic rings. The molecule has 0 aliphatic heterocycles. The lowest BCUT2D eigenvalue weighted by Gasteiger charge is -2.27. The van der Waals surface area contributed by atoms with E-state index >= 15 is 4.39 Å². The number of hydrogen-bond acceptors (Lipinski definition) is 5. The van der Waals surface area contributed by atoms with E-state index < -0.39 is 47.6 Å². The van der Waals surface area contributed by atoms with E-state index in [1.165, 1.54) is 29.3 Å². The van der Waals surface area contributed by atoms with Gasteiger partial charge in [-0.05, 0) is 62.3 Å². The molecule has 12 heteroatoms. The highest BCUT2D eigenvalue weighted by molar-refractivity contribution is 6.00. The van der Waals surface area contributed by atoms with Crippen molar-refractivity contribution in [2.75, 3.05) is 12.4 Å². The van der Waals surface area contributed by atoms with Gasteiger partial charge < -0.3 is 26.0 Å². The maximum atomic E-state index is 15.3. The van der Waals surface area contributed by atoms with Crippen molar-refractivity contribution in [1.82, 2.24) is 25.3 Å². The van der Waals surface area contributed by atoms with E-state index in [1.54, 1.807) is 24.7 Å². The molecular formula is C30H41FN6O5. The number of carbonyl (C=O) groups is 4. The lowest BCUT2D eigenvalue weighted by Crippen LogP contribution is -2.49. The van der Waals surface area contributed by atoms with Gasteiger partial charge in [0.1, 0.15) is 23.6 Å². The van der Waals surface area contributed by atoms with E-state index in [2.05, 4.69) is 21.0 Å². The van der Waals surface area contributed by atoms with Gasteiger partial charge in [0.25, 0.3) is 5.91 Å². The van der Waals surface area contributed by atoms with Gasteiger partial charge in [0, 0.05) is 31.7 Å². The molecule has 0 unspecified atom stereocenters. The molecule has 2 aliphatic rings. The molecule has 1 aromatic carbocycles. The minimum absolute atomic E-state index is 0.0770. The maximum absolute atomic E-state index is 15.3. The molecule has 4 rings (SSSR count). The number of nitrogens with zero attached hydrogens (tertiary/aromatic N) is 3. The highest BCUT2D eigenvalue weighted by Gasteiger charge is 2.35. The number of benzene rings is 1. The van der Waals surface area contributed by atoms with Crippen LogP contribution in [0.15, 0.2) is 30.5 Å². The van der Waals surface area contributed by atoms with Crippen LogP contribution < -0.4 is 16.0 Å². The van der Waals surface area contributed by atoms with Gasteiger partial charge >= 0.3 is 12.0 Å². The smallest absolute Gasteiger partial charge is 0.326 e. The monoisotopic (exact) mass is 584 g/mol. The summed E-state index contributed by atoms with van der Waals surface area (Å²) in [5.74, 6) is -3.77. The van der Waals surface area contributed by atoms with Crippen LogP contribution in [0.5, 0.6) is 0 Å². The molecule has 4 N–H and O–H groups in total. The Morgan fingerprint density at radius 2 is 1.76 bits per heavy atom. The average Bonchev–Trinajstić information content (AvgIpc) is 3.76. The lowest BCUT2D eigenvalue weighted by molar-refractivity contribution is -0.139. The third kappa shape index (κ3) is 7.46. The topological polar surface area (TPSA) is 146 Å². The second-order valence-electron chi connectivity index (χ2n) is 11.4. The number of amides is 4. The molecule has 2 fully saturated rings. The van der Waals surface area contributed by atoms with Gasteiger partial charge in [-0.3, -0.25) is 14.3 Å². The molecule has 3 atom stereocenters. The summed E-state index contributed by atoms with van der Waals surface area (Å²) >= 11 is 0. The summed E-state index contributed by atoms with van der Waals surface area (Å²) in [5, 5.41) is 22.0. The number of urea groups is 1. The first-order valence-corrected chi connectivity index (χ1v) is 14.8. The minimum atomic E-state index is -1.27. The van der Waals surface area contributed by atoms with Crippen molar-refractivity contribution < 1.29 is 28.7 Å². The summed E-state index contributed by atoms with van der Waals surface area (Å²) in [6.45, 7) is 3.96. The second kappa shape index (κ2) is 13.8. The first-order chi connectivity index (χ1) is 20.1. The van der Waals surface area contributed by atoms with Crippen molar-refractivity contribution in [3.63, 3.8) is 0 Å². The Morgan fingerprint density at radius 1 is 1.07 bits per heavy atom. The number of anilines is 1. The predicted octanol–water partition coefficient (Wildman–Crippen LogP) is 4.11. The molecule has 0 radical (unpaired) electrons. The van der Waals surface area contributed by atoms with Crippen molar-refractivity contribution in [3.8, 4) is 0 Å². The number of halogens is 1. The quantitative estimate of drug-likeness (QED) is 0.293. The van der Waals surface area contributed by atoms with Gasteiger partial charge in [-0.25, -0.2) is 14.0 Å². The van der Waals surface area contributed by atoms with Crippen LogP contribution >= 0.6 is 0 Å². The number of carboxylic acids is 1. The predicted molar refractivity (Wildman–Crippen MR) is 155 cm³/mol. The Labute approximate surface area is 245 Å². The molecule has 4 amide bonds. The number of nitrogens with one attached hydrogen (secondary N) is 3. The summed E-state index contributed by atoms with van der Waals surface area (Å²) in [6, 6.07) is 3.16. The fourth-order valence-electron chi connectivity index (χ4n) is 5.62. The summed E-state index contributed by atoms with van der Waals surface area (Å²) in [6.07, 6.45) is 8.82. The van der Waals surface area contributed by atoms with E-state index in [0.717, 1.165) is 51.4 Å². The molecule has 42 heavy (non-hydrogen) atoms. The van der Waals surface area contributed by atoms with Gasteiger partial charge in [-0.2, -0.15) is 5.10 Å². The normalized spacial score (nSPS) is 17.8. The molecule has 228 valence electrons. The van der Waals surface area contributed by atoms with E-state index in [9.17, 15) is 24.3 Å². The number of carbonyl (C=O) groups excluding carboxylic acids is 3. The number of carboxylic acid groups (broad SMARTS) is 1. The first-order valence-electron chi connectivity index (χ1n) is 14.8. The minimum Gasteiger partial charge on any atom is -0.480 e. The second-order valence-corrected chi connectivity index (χ2v) is 11.4. The van der Waals surface area contributed by atoms with E-state index in [0.29, 0.717) is 17.8 Å². The van der Waals surface area contributed by atoms with E-state index in [1.807, 2.05) is 6.92 Å². The lowest BCUT2D eigenvalue weighted by atomic mass is 9.90. The van der Waals surface area contributed by atoms with E-state index in [4.69, 9.17) is 0 Å². The Morgan fingerprint density at radius 3 is 2.36 bits per heavy atom. The molecule has 1 aromatic heterocycles. The third-order valence-electron chi connectivity index (χ3n) is 8.43. The number of aryl methyl sites for hydroxylation is 1. The Kier molecular flexibility index (Phi) is 10.2. The molecular weight excluding hydrogens is 543 g/mol. The van der Waals surface area contributed by atoms with Gasteiger partial charge in [0.2, 0.25) is 5.91 Å². The zero-order chi connectivity index (χ0) is 30.4.